The van der Waals surface area contributed by atoms with Crippen LogP contribution >= 0.6 is 43.5 Å². The Morgan fingerprint density at radius 3 is 2.35 bits per heavy atom. The average Bonchev–Trinajstić information content (AvgIpc) is 2.92. The van der Waals surface area contributed by atoms with E-state index in [0.717, 1.165) is 11.1 Å². The molecule has 26 heavy (non-hydrogen) atoms. The van der Waals surface area contributed by atoms with Crippen molar-refractivity contribution in [1.29, 1.82) is 0 Å². The first-order valence-corrected chi connectivity index (χ1v) is 9.39. The second-order valence-corrected chi connectivity index (χ2v) is 7.56. The molecule has 3 rings (SSSR count). The zero-order valence-electron chi connectivity index (χ0n) is 13.4. The lowest BCUT2D eigenvalue weighted by atomic mass is 10.1. The van der Waals surface area contributed by atoms with Crippen LogP contribution < -0.4 is 4.74 Å². The van der Waals surface area contributed by atoms with Gasteiger partial charge in [-0.15, -0.1) is 0 Å². The normalized spacial score (nSPS) is 15.0. The van der Waals surface area contributed by atoms with E-state index in [0.29, 0.717) is 31.0 Å². The Hall–Kier alpha value is -1.89. The quantitative estimate of drug-likeness (QED) is 0.306. The Morgan fingerprint density at radius 1 is 1.15 bits per heavy atom. The minimum absolute atomic E-state index is 0.381. The number of hydrogen-bond donors (Lipinski definition) is 0. The summed E-state index contributed by atoms with van der Waals surface area (Å²) in [6.45, 7) is 1.33. The summed E-state index contributed by atoms with van der Waals surface area (Å²) in [5.74, 6) is -0.0164. The molecule has 1 aliphatic rings. The van der Waals surface area contributed by atoms with Gasteiger partial charge in [-0.25, -0.2) is 4.79 Å². The van der Waals surface area contributed by atoms with Gasteiger partial charge in [-0.1, -0.05) is 11.6 Å². The first-order chi connectivity index (χ1) is 12.3. The lowest BCUT2D eigenvalue weighted by molar-refractivity contribution is -0.132. The van der Waals surface area contributed by atoms with Crippen molar-refractivity contribution in [2.45, 2.75) is 6.92 Å². The van der Waals surface area contributed by atoms with Gasteiger partial charge in [0.25, 0.3) is 0 Å². The fourth-order valence-electron chi connectivity index (χ4n) is 2.33. The van der Waals surface area contributed by atoms with Crippen molar-refractivity contribution >= 4 is 67.2 Å². The first-order valence-electron chi connectivity index (χ1n) is 7.42. The molecule has 0 bridgehead atoms. The highest BCUT2D eigenvalue weighted by Crippen LogP contribution is 2.36. The van der Waals surface area contributed by atoms with Gasteiger partial charge in [0, 0.05) is 17.5 Å². The van der Waals surface area contributed by atoms with Gasteiger partial charge in [-0.2, -0.15) is 0 Å². The Labute approximate surface area is 171 Å². The molecule has 2 aromatic carbocycles. The molecule has 0 fully saturated rings. The van der Waals surface area contributed by atoms with E-state index in [2.05, 4.69) is 31.9 Å². The first kappa shape index (κ1) is 18.9. The topological polar surface area (TPSA) is 52.6 Å². The zero-order chi connectivity index (χ0) is 18.8. The van der Waals surface area contributed by atoms with Crippen molar-refractivity contribution in [3.8, 4) is 5.75 Å². The van der Waals surface area contributed by atoms with Crippen LogP contribution in [-0.2, 0) is 14.3 Å². The molecular weight excluding hydrogens is 487 g/mol. The van der Waals surface area contributed by atoms with Gasteiger partial charge >= 0.3 is 11.9 Å². The van der Waals surface area contributed by atoms with Gasteiger partial charge in [0.05, 0.1) is 14.5 Å². The molecular formula is C19H11Br2ClO4. The average molecular weight is 499 g/mol. The molecule has 0 aromatic heterocycles. The van der Waals surface area contributed by atoms with Crippen molar-refractivity contribution in [2.75, 3.05) is 0 Å². The summed E-state index contributed by atoms with van der Waals surface area (Å²) in [5.41, 5.74) is 1.91. The zero-order valence-corrected chi connectivity index (χ0v) is 17.3. The summed E-state index contributed by atoms with van der Waals surface area (Å²) >= 11 is 12.6. The Balaban J connectivity index is 1.93. The van der Waals surface area contributed by atoms with Gasteiger partial charge < -0.3 is 9.47 Å². The van der Waals surface area contributed by atoms with Crippen LogP contribution in [-0.4, -0.2) is 11.9 Å². The van der Waals surface area contributed by atoms with E-state index < -0.39 is 11.9 Å². The van der Waals surface area contributed by atoms with Gasteiger partial charge in [-0.3, -0.25) is 4.79 Å². The van der Waals surface area contributed by atoms with Crippen LogP contribution in [0.1, 0.15) is 18.1 Å². The summed E-state index contributed by atoms with van der Waals surface area (Å²) < 4.78 is 11.6. The fraction of sp³-hybridized carbons (Fsp3) is 0.0526. The third-order valence-corrected chi connectivity index (χ3v) is 4.87. The van der Waals surface area contributed by atoms with E-state index in [1.807, 2.05) is 0 Å². The Kier molecular flexibility index (Phi) is 5.65. The van der Waals surface area contributed by atoms with E-state index >= 15 is 0 Å². The van der Waals surface area contributed by atoms with Gasteiger partial charge in [-0.05, 0) is 86.0 Å². The molecule has 0 N–H and O–H groups in total. The molecule has 0 saturated heterocycles. The number of ether oxygens (including phenoxy) is 2. The third-order valence-electron chi connectivity index (χ3n) is 3.44. The van der Waals surface area contributed by atoms with Crippen LogP contribution in [0, 0.1) is 0 Å². The second-order valence-electron chi connectivity index (χ2n) is 5.41. The molecule has 0 unspecified atom stereocenters. The molecule has 7 heteroatoms. The summed E-state index contributed by atoms with van der Waals surface area (Å²) in [6.07, 6.45) is 3.37. The summed E-state index contributed by atoms with van der Waals surface area (Å²) in [4.78, 5) is 23.3. The van der Waals surface area contributed by atoms with E-state index in [-0.39, 0.29) is 0 Å². The SMILES string of the molecule is CC(=O)Oc1c(Br)cc(/C=C2\C=C(c3ccc(Cl)cc3)OC2=O)cc1Br. The standard InChI is InChI=1S/C19H11Br2ClO4/c1-10(23)25-18-15(20)7-11(8-16(18)21)6-13-9-17(26-19(13)24)12-2-4-14(22)5-3-12/h2-9H,1H3/b13-6+. The number of halogens is 3. The molecule has 0 atom stereocenters. The Bertz CT molecular complexity index is 939. The van der Waals surface area contributed by atoms with Crippen molar-refractivity contribution in [3.63, 3.8) is 0 Å². The van der Waals surface area contributed by atoms with Crippen molar-refractivity contribution < 1.29 is 19.1 Å². The number of cyclic esters (lactones) is 1. The second kappa shape index (κ2) is 7.78. The van der Waals surface area contributed by atoms with Gasteiger partial charge in [0.1, 0.15) is 5.76 Å². The third kappa shape index (κ3) is 4.26. The van der Waals surface area contributed by atoms with Gasteiger partial charge in [0.15, 0.2) is 5.75 Å². The number of esters is 2. The lowest BCUT2D eigenvalue weighted by Crippen LogP contribution is -2.03. The maximum Gasteiger partial charge on any atom is 0.343 e. The highest BCUT2D eigenvalue weighted by molar-refractivity contribution is 9.11. The predicted molar refractivity (Wildman–Crippen MR) is 107 cm³/mol. The van der Waals surface area contributed by atoms with Crippen molar-refractivity contribution in [2.24, 2.45) is 0 Å². The minimum atomic E-state index is -0.439. The van der Waals surface area contributed by atoms with Gasteiger partial charge in [0.2, 0.25) is 0 Å². The van der Waals surface area contributed by atoms with E-state index in [4.69, 9.17) is 21.1 Å². The lowest BCUT2D eigenvalue weighted by Gasteiger charge is -2.08. The molecule has 2 aromatic rings. The van der Waals surface area contributed by atoms with E-state index in [9.17, 15) is 9.59 Å². The smallest absolute Gasteiger partial charge is 0.343 e. The molecule has 0 saturated carbocycles. The fourth-order valence-corrected chi connectivity index (χ4v) is 3.84. The number of carbonyl (C=O) groups is 2. The number of carbonyl (C=O) groups excluding carboxylic acids is 2. The monoisotopic (exact) mass is 496 g/mol. The predicted octanol–water partition coefficient (Wildman–Crippen LogP) is 5.77. The Morgan fingerprint density at radius 2 is 1.77 bits per heavy atom. The minimum Gasteiger partial charge on any atom is -0.424 e. The maximum absolute atomic E-state index is 12.2. The van der Waals surface area contributed by atoms with Crippen LogP contribution in [0.25, 0.3) is 11.8 Å². The highest BCUT2D eigenvalue weighted by Gasteiger charge is 2.22. The molecule has 0 aliphatic carbocycles. The van der Waals surface area contributed by atoms with Crippen molar-refractivity contribution in [3.05, 3.63) is 73.1 Å². The molecule has 0 spiro atoms. The highest BCUT2D eigenvalue weighted by atomic mass is 79.9. The molecule has 1 heterocycles. The maximum atomic E-state index is 12.2. The van der Waals surface area contributed by atoms with E-state index in [1.54, 1.807) is 48.6 Å². The molecule has 4 nitrogen and oxygen atoms in total. The number of benzene rings is 2. The summed E-state index contributed by atoms with van der Waals surface area (Å²) in [5, 5.41) is 0.608. The van der Waals surface area contributed by atoms with Crippen LogP contribution in [0.3, 0.4) is 0 Å². The largest absolute Gasteiger partial charge is 0.424 e. The van der Waals surface area contributed by atoms with E-state index in [1.165, 1.54) is 6.92 Å². The van der Waals surface area contributed by atoms with Crippen LogP contribution in [0.5, 0.6) is 5.75 Å². The summed E-state index contributed by atoms with van der Waals surface area (Å²) in [6, 6.07) is 10.5. The van der Waals surface area contributed by atoms with Crippen LogP contribution in [0.2, 0.25) is 5.02 Å². The molecule has 1 aliphatic heterocycles. The molecule has 0 amide bonds. The molecule has 132 valence electrons. The summed E-state index contributed by atoms with van der Waals surface area (Å²) in [7, 11) is 0. The number of rotatable bonds is 3. The van der Waals surface area contributed by atoms with Crippen LogP contribution in [0.4, 0.5) is 0 Å². The molecule has 0 radical (unpaired) electrons. The van der Waals surface area contributed by atoms with Crippen LogP contribution in [0.15, 0.2) is 57.0 Å². The van der Waals surface area contributed by atoms with Crippen molar-refractivity contribution in [1.82, 2.24) is 0 Å². The number of hydrogen-bond acceptors (Lipinski definition) is 4.